The lowest BCUT2D eigenvalue weighted by Crippen LogP contribution is -2.22. The fraction of sp³-hybridized carbons (Fsp3) is 0.111. The van der Waals surface area contributed by atoms with Crippen molar-refractivity contribution in [1.82, 2.24) is 15.3 Å². The zero-order valence-corrected chi connectivity index (χ0v) is 22.2. The smallest absolute Gasteiger partial charge is 0.263 e. The van der Waals surface area contributed by atoms with Crippen molar-refractivity contribution in [2.24, 2.45) is 0 Å². The second-order valence-corrected chi connectivity index (χ2v) is 11.7. The maximum absolute atomic E-state index is 12.5. The lowest BCUT2D eigenvalue weighted by Gasteiger charge is -2.18. The molecular weight excluding hydrogens is 523 g/mol. The number of hydrogen-bond acceptors (Lipinski definition) is 8. The van der Waals surface area contributed by atoms with Gasteiger partial charge in [0.2, 0.25) is 0 Å². The zero-order chi connectivity index (χ0) is 25.5. The summed E-state index contributed by atoms with van der Waals surface area (Å²) in [6.45, 7) is 1.44. The number of sulfonamides is 1. The molecular formula is C27H25N5O2S3. The Morgan fingerprint density at radius 3 is 2.11 bits per heavy atom. The standard InChI is InChI=1S/C27H25N5O2S3/c33-37(34,32-26-29-15-16-35-26)24-13-11-22(12-14-24)30-27-31-23(19-36-27)17-28-18-25(20-7-3-1-4-8-20)21-9-5-2-6-10-21/h1-16,19,25,28H,17-18H2,(H,29,32)(H,30,31). The molecule has 3 aromatic carbocycles. The van der Waals surface area contributed by atoms with Crippen molar-refractivity contribution in [2.75, 3.05) is 16.6 Å². The van der Waals surface area contributed by atoms with E-state index in [0.29, 0.717) is 11.7 Å². The first kappa shape index (κ1) is 25.1. The van der Waals surface area contributed by atoms with Crippen molar-refractivity contribution in [3.05, 3.63) is 119 Å². The Kier molecular flexibility index (Phi) is 7.90. The van der Waals surface area contributed by atoms with Gasteiger partial charge in [-0.15, -0.1) is 22.7 Å². The van der Waals surface area contributed by atoms with Crippen LogP contribution < -0.4 is 15.4 Å². The number of rotatable bonds is 11. The van der Waals surface area contributed by atoms with E-state index < -0.39 is 10.0 Å². The molecule has 0 amide bonds. The SMILES string of the molecule is O=S(=O)(Nc1nccs1)c1ccc(Nc2nc(CNCC(c3ccccc3)c3ccccc3)cs2)cc1. The van der Waals surface area contributed by atoms with E-state index in [1.807, 2.05) is 17.5 Å². The number of hydrogen-bond donors (Lipinski definition) is 3. The molecule has 0 radical (unpaired) electrons. The Morgan fingerprint density at radius 1 is 0.811 bits per heavy atom. The van der Waals surface area contributed by atoms with Crippen molar-refractivity contribution in [2.45, 2.75) is 17.4 Å². The monoisotopic (exact) mass is 547 g/mol. The van der Waals surface area contributed by atoms with Gasteiger partial charge in [0.1, 0.15) is 0 Å². The van der Waals surface area contributed by atoms with E-state index in [0.717, 1.165) is 23.1 Å². The van der Waals surface area contributed by atoms with Gasteiger partial charge >= 0.3 is 0 Å². The molecule has 0 unspecified atom stereocenters. The zero-order valence-electron chi connectivity index (χ0n) is 19.7. The van der Waals surface area contributed by atoms with Crippen molar-refractivity contribution < 1.29 is 8.42 Å². The lowest BCUT2D eigenvalue weighted by molar-refractivity contribution is 0.601. The van der Waals surface area contributed by atoms with Gasteiger partial charge in [-0.1, -0.05) is 60.7 Å². The molecule has 7 nitrogen and oxygen atoms in total. The van der Waals surface area contributed by atoms with Crippen LogP contribution in [0.25, 0.3) is 0 Å². The van der Waals surface area contributed by atoms with E-state index >= 15 is 0 Å². The Labute approximate surface area is 224 Å². The normalized spacial score (nSPS) is 11.5. The molecule has 0 atom stereocenters. The predicted molar refractivity (Wildman–Crippen MR) is 151 cm³/mol. The highest BCUT2D eigenvalue weighted by Gasteiger charge is 2.16. The third kappa shape index (κ3) is 6.60. The Bertz CT molecular complexity index is 1470. The van der Waals surface area contributed by atoms with E-state index in [4.69, 9.17) is 0 Å². The Morgan fingerprint density at radius 2 is 1.49 bits per heavy atom. The molecule has 0 spiro atoms. The van der Waals surface area contributed by atoms with Crippen molar-refractivity contribution in [3.63, 3.8) is 0 Å². The van der Waals surface area contributed by atoms with Gasteiger partial charge in [0.05, 0.1) is 10.6 Å². The van der Waals surface area contributed by atoms with Crippen molar-refractivity contribution >= 4 is 48.6 Å². The highest BCUT2D eigenvalue weighted by Crippen LogP contribution is 2.25. The average molecular weight is 548 g/mol. The maximum atomic E-state index is 12.5. The molecule has 0 aliphatic heterocycles. The van der Waals surface area contributed by atoms with Crippen molar-refractivity contribution in [1.29, 1.82) is 0 Å². The number of benzene rings is 3. The summed E-state index contributed by atoms with van der Waals surface area (Å²) < 4.78 is 27.5. The molecule has 0 aliphatic carbocycles. The second kappa shape index (κ2) is 11.7. The summed E-state index contributed by atoms with van der Waals surface area (Å²) in [5.41, 5.74) is 4.25. The van der Waals surface area contributed by atoms with Crippen LogP contribution in [0.4, 0.5) is 16.0 Å². The van der Waals surface area contributed by atoms with Gasteiger partial charge in [0.25, 0.3) is 10.0 Å². The van der Waals surface area contributed by atoms with E-state index in [1.165, 1.54) is 33.8 Å². The molecule has 0 saturated heterocycles. The van der Waals surface area contributed by atoms with Crippen LogP contribution in [0.3, 0.4) is 0 Å². The molecule has 2 aromatic heterocycles. The topological polar surface area (TPSA) is 96.0 Å². The minimum atomic E-state index is -3.68. The summed E-state index contributed by atoms with van der Waals surface area (Å²) in [6, 6.07) is 27.6. The van der Waals surface area contributed by atoms with E-state index in [9.17, 15) is 8.42 Å². The second-order valence-electron chi connectivity index (χ2n) is 8.24. The van der Waals surface area contributed by atoms with Gasteiger partial charge < -0.3 is 10.6 Å². The average Bonchev–Trinajstić information content (AvgIpc) is 3.60. The fourth-order valence-corrected chi connectivity index (χ4v) is 6.40. The van der Waals surface area contributed by atoms with Crippen LogP contribution in [-0.4, -0.2) is 24.9 Å². The fourth-order valence-electron chi connectivity index (χ4n) is 3.88. The third-order valence-electron chi connectivity index (χ3n) is 5.68. The summed E-state index contributed by atoms with van der Waals surface area (Å²) in [7, 11) is -3.68. The Balaban J connectivity index is 1.18. The van der Waals surface area contributed by atoms with Crippen LogP contribution in [0, 0.1) is 0 Å². The number of thiazole rings is 2. The third-order valence-corrected chi connectivity index (χ3v) is 8.66. The first-order valence-corrected chi connectivity index (χ1v) is 14.9. The first-order chi connectivity index (χ1) is 18.1. The summed E-state index contributed by atoms with van der Waals surface area (Å²) in [6.07, 6.45) is 1.55. The molecule has 188 valence electrons. The highest BCUT2D eigenvalue weighted by molar-refractivity contribution is 7.93. The van der Waals surface area contributed by atoms with Crippen LogP contribution in [0.5, 0.6) is 0 Å². The molecule has 0 fully saturated rings. The first-order valence-electron chi connectivity index (χ1n) is 11.6. The molecule has 0 bridgehead atoms. The molecule has 5 rings (SSSR count). The van der Waals surface area contributed by atoms with Gasteiger partial charge in [-0.2, -0.15) is 0 Å². The Hall–Kier alpha value is -3.57. The minimum absolute atomic E-state index is 0.170. The highest BCUT2D eigenvalue weighted by atomic mass is 32.2. The van der Waals surface area contributed by atoms with Crippen molar-refractivity contribution in [3.8, 4) is 0 Å². The lowest BCUT2D eigenvalue weighted by atomic mass is 9.91. The number of nitrogens with one attached hydrogen (secondary N) is 3. The summed E-state index contributed by atoms with van der Waals surface area (Å²) in [5, 5.41) is 11.6. The van der Waals surface area contributed by atoms with Gasteiger partial charge in [-0.25, -0.2) is 18.4 Å². The largest absolute Gasteiger partial charge is 0.332 e. The van der Waals surface area contributed by atoms with Gasteiger partial charge in [0.15, 0.2) is 10.3 Å². The van der Waals surface area contributed by atoms with E-state index in [-0.39, 0.29) is 10.8 Å². The van der Waals surface area contributed by atoms with Gasteiger partial charge in [-0.3, -0.25) is 4.72 Å². The molecule has 10 heteroatoms. The molecule has 5 aromatic rings. The van der Waals surface area contributed by atoms with Crippen LogP contribution >= 0.6 is 22.7 Å². The van der Waals surface area contributed by atoms with Gasteiger partial charge in [0, 0.05) is 41.7 Å². The van der Waals surface area contributed by atoms with Gasteiger partial charge in [-0.05, 0) is 35.4 Å². The minimum Gasteiger partial charge on any atom is -0.332 e. The molecule has 0 aliphatic rings. The van der Waals surface area contributed by atoms with Crippen LogP contribution in [0.2, 0.25) is 0 Å². The summed E-state index contributed by atoms with van der Waals surface area (Å²) in [5.74, 6) is 0.249. The van der Waals surface area contributed by atoms with E-state index in [2.05, 4.69) is 73.9 Å². The molecule has 3 N–H and O–H groups in total. The number of nitrogens with zero attached hydrogens (tertiary/aromatic N) is 2. The number of aromatic nitrogens is 2. The molecule has 37 heavy (non-hydrogen) atoms. The summed E-state index contributed by atoms with van der Waals surface area (Å²) >= 11 is 2.74. The molecule has 2 heterocycles. The maximum Gasteiger partial charge on any atom is 0.263 e. The quantitative estimate of drug-likeness (QED) is 0.186. The summed E-state index contributed by atoms with van der Waals surface area (Å²) in [4.78, 5) is 8.81. The van der Waals surface area contributed by atoms with Crippen LogP contribution in [0.1, 0.15) is 22.7 Å². The molecule has 0 saturated carbocycles. The van der Waals surface area contributed by atoms with Crippen LogP contribution in [-0.2, 0) is 16.6 Å². The van der Waals surface area contributed by atoms with E-state index in [1.54, 1.807) is 35.8 Å². The predicted octanol–water partition coefficient (Wildman–Crippen LogP) is 6.07. The van der Waals surface area contributed by atoms with Crippen LogP contribution in [0.15, 0.2) is 107 Å². The number of anilines is 3.